The van der Waals surface area contributed by atoms with Gasteiger partial charge in [0.2, 0.25) is 0 Å². The molecular weight excluding hydrogens is 373 g/mol. The fourth-order valence-electron chi connectivity index (χ4n) is 1.72. The first-order valence-corrected chi connectivity index (χ1v) is 7.06. The number of aryl methyl sites for hydroxylation is 1. The maximum atomic E-state index is 11.7. The molecule has 0 aliphatic carbocycles. The molecule has 1 saturated heterocycles. The molecule has 1 aromatic rings. The number of nitrogens with one attached hydrogen (secondary N) is 1. The van der Waals surface area contributed by atoms with Crippen LogP contribution in [0.25, 0.3) is 0 Å². The Balaban J connectivity index is 2.19. The molecule has 2 rings (SSSR count). The van der Waals surface area contributed by atoms with Gasteiger partial charge in [0.15, 0.2) is 5.57 Å². The maximum absolute atomic E-state index is 11.7. The normalized spacial score (nSPS) is 17.3. The Morgan fingerprint density at radius 3 is 2.35 bits per heavy atom. The monoisotopic (exact) mass is 387 g/mol. The molecule has 0 aromatic heterocycles. The summed E-state index contributed by atoms with van der Waals surface area (Å²) in [4.78, 5) is 23.5. The highest BCUT2D eigenvalue weighted by Crippen LogP contribution is 2.23. The van der Waals surface area contributed by atoms with Crippen molar-refractivity contribution in [3.05, 3.63) is 39.1 Å². The zero-order chi connectivity index (χ0) is 14.9. The summed E-state index contributed by atoms with van der Waals surface area (Å²) >= 11 is 2.21. The maximum Gasteiger partial charge on any atom is 0.350 e. The first kappa shape index (κ1) is 14.8. The summed E-state index contributed by atoms with van der Waals surface area (Å²) in [6, 6.07) is 5.79. The fraction of sp³-hybridized carbons (Fsp3) is 0.286. The quantitative estimate of drug-likeness (QED) is 0.366. The lowest BCUT2D eigenvalue weighted by Crippen LogP contribution is -2.42. The van der Waals surface area contributed by atoms with Crippen LogP contribution in [0, 0.1) is 10.5 Å². The van der Waals surface area contributed by atoms with Gasteiger partial charge in [-0.2, -0.15) is 0 Å². The molecule has 1 aliphatic rings. The average Bonchev–Trinajstić information content (AvgIpc) is 2.28. The average molecular weight is 387 g/mol. The number of carbonyl (C=O) groups is 2. The molecule has 5 nitrogen and oxygen atoms in total. The van der Waals surface area contributed by atoms with E-state index in [9.17, 15) is 9.59 Å². The van der Waals surface area contributed by atoms with Crippen LogP contribution in [0.2, 0.25) is 0 Å². The van der Waals surface area contributed by atoms with Gasteiger partial charge >= 0.3 is 11.9 Å². The number of cyclic esters (lactones) is 2. The Bertz CT molecular complexity index is 585. The number of benzene rings is 1. The van der Waals surface area contributed by atoms with E-state index in [1.54, 1.807) is 0 Å². The third-order valence-corrected chi connectivity index (χ3v) is 3.35. The van der Waals surface area contributed by atoms with Crippen LogP contribution in [0.3, 0.4) is 0 Å². The van der Waals surface area contributed by atoms with Gasteiger partial charge in [0.05, 0.1) is 0 Å². The van der Waals surface area contributed by atoms with E-state index in [2.05, 4.69) is 27.9 Å². The van der Waals surface area contributed by atoms with Gasteiger partial charge in [-0.15, -0.1) is 0 Å². The molecule has 1 aromatic carbocycles. The summed E-state index contributed by atoms with van der Waals surface area (Å²) in [6.45, 7) is 4.95. The first-order chi connectivity index (χ1) is 9.28. The Morgan fingerprint density at radius 1 is 1.20 bits per heavy atom. The van der Waals surface area contributed by atoms with E-state index in [1.807, 2.05) is 25.1 Å². The van der Waals surface area contributed by atoms with E-state index in [1.165, 1.54) is 20.0 Å². The van der Waals surface area contributed by atoms with Crippen molar-refractivity contribution in [3.63, 3.8) is 0 Å². The standard InChI is InChI=1S/C14H14INO4/c1-8-6-9(15)4-5-11(8)16-7-10-12(17)19-14(2,3)20-13(10)18/h4-7,16H,1-3H3. The molecule has 1 fully saturated rings. The van der Waals surface area contributed by atoms with E-state index in [-0.39, 0.29) is 5.57 Å². The number of ether oxygens (including phenoxy) is 2. The fourth-order valence-corrected chi connectivity index (χ4v) is 2.36. The van der Waals surface area contributed by atoms with Gasteiger partial charge < -0.3 is 14.8 Å². The van der Waals surface area contributed by atoms with Crippen LogP contribution in [0.15, 0.2) is 30.0 Å². The smallest absolute Gasteiger partial charge is 0.350 e. The second-order valence-electron chi connectivity index (χ2n) is 4.84. The van der Waals surface area contributed by atoms with Gasteiger partial charge in [-0.1, -0.05) is 0 Å². The Hall–Kier alpha value is -1.57. The lowest BCUT2D eigenvalue weighted by Gasteiger charge is -2.29. The van der Waals surface area contributed by atoms with Crippen molar-refractivity contribution in [2.45, 2.75) is 26.6 Å². The van der Waals surface area contributed by atoms with Gasteiger partial charge in [0.25, 0.3) is 5.79 Å². The molecule has 106 valence electrons. The Kier molecular flexibility index (Phi) is 4.03. The number of hydrogen-bond acceptors (Lipinski definition) is 5. The van der Waals surface area contributed by atoms with Crippen LogP contribution in [0.4, 0.5) is 5.69 Å². The summed E-state index contributed by atoms with van der Waals surface area (Å²) in [7, 11) is 0. The van der Waals surface area contributed by atoms with Crippen LogP contribution in [0.5, 0.6) is 0 Å². The highest BCUT2D eigenvalue weighted by atomic mass is 127. The number of anilines is 1. The third-order valence-electron chi connectivity index (χ3n) is 2.68. The SMILES string of the molecule is Cc1cc(I)ccc1NC=C1C(=O)OC(C)(C)OC1=O. The second kappa shape index (κ2) is 5.43. The zero-order valence-electron chi connectivity index (χ0n) is 11.3. The van der Waals surface area contributed by atoms with Crippen molar-refractivity contribution in [2.24, 2.45) is 0 Å². The van der Waals surface area contributed by atoms with E-state index in [0.29, 0.717) is 0 Å². The second-order valence-corrected chi connectivity index (χ2v) is 6.09. The molecule has 0 spiro atoms. The van der Waals surface area contributed by atoms with Crippen LogP contribution in [-0.2, 0) is 19.1 Å². The molecule has 0 radical (unpaired) electrons. The summed E-state index contributed by atoms with van der Waals surface area (Å²) in [6.07, 6.45) is 1.31. The van der Waals surface area contributed by atoms with E-state index < -0.39 is 17.7 Å². The van der Waals surface area contributed by atoms with Crippen molar-refractivity contribution in [3.8, 4) is 0 Å². The van der Waals surface area contributed by atoms with Crippen molar-refractivity contribution >= 4 is 40.2 Å². The third kappa shape index (κ3) is 3.30. The Morgan fingerprint density at radius 2 is 1.80 bits per heavy atom. The number of hydrogen-bond donors (Lipinski definition) is 1. The van der Waals surface area contributed by atoms with Crippen LogP contribution in [-0.4, -0.2) is 17.7 Å². The molecule has 6 heteroatoms. The zero-order valence-corrected chi connectivity index (χ0v) is 13.5. The highest BCUT2D eigenvalue weighted by molar-refractivity contribution is 14.1. The van der Waals surface area contributed by atoms with E-state index in [4.69, 9.17) is 9.47 Å². The summed E-state index contributed by atoms with van der Waals surface area (Å²) in [5.41, 5.74) is 1.66. The molecule has 1 aliphatic heterocycles. The van der Waals surface area contributed by atoms with Gasteiger partial charge in [0.1, 0.15) is 0 Å². The minimum absolute atomic E-state index is 0.151. The predicted octanol–water partition coefficient (Wildman–Crippen LogP) is 2.73. The van der Waals surface area contributed by atoms with Crippen LogP contribution >= 0.6 is 22.6 Å². The number of halogens is 1. The number of rotatable bonds is 2. The molecule has 0 amide bonds. The van der Waals surface area contributed by atoms with Crippen molar-refractivity contribution in [1.29, 1.82) is 0 Å². The number of esters is 2. The van der Waals surface area contributed by atoms with E-state index in [0.717, 1.165) is 14.8 Å². The van der Waals surface area contributed by atoms with Crippen molar-refractivity contribution in [2.75, 3.05) is 5.32 Å². The largest absolute Gasteiger partial charge is 0.419 e. The van der Waals surface area contributed by atoms with Gasteiger partial charge in [-0.3, -0.25) is 0 Å². The predicted molar refractivity (Wildman–Crippen MR) is 81.9 cm³/mol. The first-order valence-electron chi connectivity index (χ1n) is 5.98. The minimum atomic E-state index is -1.22. The van der Waals surface area contributed by atoms with Gasteiger partial charge in [0, 0.05) is 29.3 Å². The van der Waals surface area contributed by atoms with Crippen LogP contribution in [0.1, 0.15) is 19.4 Å². The minimum Gasteiger partial charge on any atom is -0.419 e. The topological polar surface area (TPSA) is 64.6 Å². The summed E-state index contributed by atoms with van der Waals surface area (Å²) in [5, 5.41) is 2.93. The molecule has 20 heavy (non-hydrogen) atoms. The molecule has 0 unspecified atom stereocenters. The molecule has 1 heterocycles. The van der Waals surface area contributed by atoms with Crippen molar-refractivity contribution < 1.29 is 19.1 Å². The van der Waals surface area contributed by atoms with E-state index >= 15 is 0 Å². The molecular formula is C14H14INO4. The number of carbonyl (C=O) groups excluding carboxylic acids is 2. The van der Waals surface area contributed by atoms with Crippen molar-refractivity contribution in [1.82, 2.24) is 0 Å². The molecule has 0 atom stereocenters. The highest BCUT2D eigenvalue weighted by Gasteiger charge is 2.38. The van der Waals surface area contributed by atoms with Gasteiger partial charge in [-0.25, -0.2) is 9.59 Å². The molecule has 0 bridgehead atoms. The van der Waals surface area contributed by atoms with Gasteiger partial charge in [-0.05, 0) is 53.3 Å². The summed E-state index contributed by atoms with van der Waals surface area (Å²) < 4.78 is 11.1. The molecule has 0 saturated carbocycles. The van der Waals surface area contributed by atoms with Crippen LogP contribution < -0.4 is 5.32 Å². The lowest BCUT2D eigenvalue weighted by molar-refractivity contribution is -0.222. The molecule has 1 N–H and O–H groups in total. The Labute approximate surface area is 130 Å². The lowest BCUT2D eigenvalue weighted by atomic mass is 10.2. The summed E-state index contributed by atoms with van der Waals surface area (Å²) in [5.74, 6) is -2.60.